The van der Waals surface area contributed by atoms with Crippen LogP contribution in [-0.4, -0.2) is 66.8 Å². The molecule has 180 valence electrons. The molecule has 33 heavy (non-hydrogen) atoms. The molecule has 0 unspecified atom stereocenters. The summed E-state index contributed by atoms with van der Waals surface area (Å²) in [6, 6.07) is -1.78. The van der Waals surface area contributed by atoms with Crippen LogP contribution in [0.1, 0.15) is 64.5 Å². The number of aliphatic carboxylic acids is 1. The van der Waals surface area contributed by atoms with Crippen LogP contribution in [0.25, 0.3) is 0 Å². The third-order valence-corrected chi connectivity index (χ3v) is 8.53. The first-order chi connectivity index (χ1) is 15.7. The number of carbonyl (C=O) groups excluding carboxylic acids is 2. The first-order valence-corrected chi connectivity index (χ1v) is 12.9. The average Bonchev–Trinajstić information content (AvgIpc) is 3.26. The Morgan fingerprint density at radius 3 is 2.55 bits per heavy atom. The molecule has 12 heteroatoms. The predicted octanol–water partition coefficient (Wildman–Crippen LogP) is 2.19. The van der Waals surface area contributed by atoms with Gasteiger partial charge in [0.15, 0.2) is 10.8 Å². The molecular weight excluding hydrogens is 466 g/mol. The molecule has 1 saturated carbocycles. The second-order valence-corrected chi connectivity index (χ2v) is 11.8. The number of hydrogen-bond acceptors (Lipinski definition) is 9. The summed E-state index contributed by atoms with van der Waals surface area (Å²) in [4.78, 5) is 48.9. The van der Waals surface area contributed by atoms with Gasteiger partial charge in [0.05, 0.1) is 0 Å². The number of oxime groups is 1. The van der Waals surface area contributed by atoms with Gasteiger partial charge in [-0.2, -0.15) is 0 Å². The molecule has 2 aliphatic heterocycles. The molecule has 3 heterocycles. The van der Waals surface area contributed by atoms with Gasteiger partial charge in [-0.15, -0.1) is 23.1 Å². The van der Waals surface area contributed by atoms with Crippen molar-refractivity contribution in [2.75, 3.05) is 5.73 Å². The van der Waals surface area contributed by atoms with Crippen molar-refractivity contribution in [3.05, 3.63) is 11.1 Å². The summed E-state index contributed by atoms with van der Waals surface area (Å²) in [5, 5.41) is 17.9. The van der Waals surface area contributed by atoms with E-state index >= 15 is 0 Å². The number of nitrogens with one attached hydrogen (secondary N) is 1. The number of hydrogen-bond donors (Lipinski definition) is 3. The summed E-state index contributed by atoms with van der Waals surface area (Å²) in [7, 11) is 0. The fourth-order valence-electron chi connectivity index (χ4n) is 4.61. The van der Waals surface area contributed by atoms with Gasteiger partial charge >= 0.3 is 5.97 Å². The number of carboxylic acids is 1. The highest BCUT2D eigenvalue weighted by Gasteiger charge is 2.64. The third-order valence-electron chi connectivity index (χ3n) is 6.29. The predicted molar refractivity (Wildman–Crippen MR) is 126 cm³/mol. The summed E-state index contributed by atoms with van der Waals surface area (Å²) >= 11 is 2.55. The van der Waals surface area contributed by atoms with Gasteiger partial charge in [-0.3, -0.25) is 9.59 Å². The van der Waals surface area contributed by atoms with Gasteiger partial charge < -0.3 is 25.9 Å². The minimum Gasteiger partial charge on any atom is -0.480 e. The number of thioether (sulfide) groups is 1. The summed E-state index contributed by atoms with van der Waals surface area (Å²) < 4.78 is -0.673. The van der Waals surface area contributed by atoms with E-state index in [1.165, 1.54) is 34.4 Å². The van der Waals surface area contributed by atoms with Crippen LogP contribution < -0.4 is 11.1 Å². The molecule has 10 nitrogen and oxygen atoms in total. The van der Waals surface area contributed by atoms with Gasteiger partial charge in [-0.05, 0) is 39.5 Å². The summed E-state index contributed by atoms with van der Waals surface area (Å²) in [6.45, 7) is 3.57. The molecule has 0 spiro atoms. The molecule has 4 rings (SSSR count). The van der Waals surface area contributed by atoms with Crippen molar-refractivity contribution in [2.24, 2.45) is 5.16 Å². The molecule has 3 atom stereocenters. The Morgan fingerprint density at radius 2 is 1.94 bits per heavy atom. The highest BCUT2D eigenvalue weighted by atomic mass is 32.2. The van der Waals surface area contributed by atoms with Crippen LogP contribution in [0.3, 0.4) is 0 Å². The Balaban J connectivity index is 1.49. The zero-order valence-electron chi connectivity index (χ0n) is 18.7. The van der Waals surface area contributed by atoms with Gasteiger partial charge in [0.25, 0.3) is 5.91 Å². The van der Waals surface area contributed by atoms with E-state index in [1.807, 2.05) is 0 Å². The van der Waals surface area contributed by atoms with Gasteiger partial charge in [-0.1, -0.05) is 24.4 Å². The maximum atomic E-state index is 13.2. The zero-order valence-corrected chi connectivity index (χ0v) is 20.3. The van der Waals surface area contributed by atoms with E-state index in [-0.39, 0.29) is 17.5 Å². The molecule has 1 aromatic heterocycles. The molecule has 2 saturated heterocycles. The Morgan fingerprint density at radius 1 is 1.27 bits per heavy atom. The van der Waals surface area contributed by atoms with Crippen molar-refractivity contribution < 1.29 is 24.3 Å². The number of fused-ring (bicyclic) bond motifs is 1. The van der Waals surface area contributed by atoms with Crippen LogP contribution in [0.5, 0.6) is 0 Å². The number of carboxylic acid groups (broad SMARTS) is 1. The van der Waals surface area contributed by atoms with Gasteiger partial charge in [0.2, 0.25) is 5.91 Å². The Bertz CT molecular complexity index is 957. The van der Waals surface area contributed by atoms with Gasteiger partial charge in [-0.25, -0.2) is 9.78 Å². The number of β-lactam (4-membered cyclic amide) rings is 1. The number of aromatic nitrogens is 1. The number of amides is 2. The largest absolute Gasteiger partial charge is 0.480 e. The minimum atomic E-state index is -1.05. The third kappa shape index (κ3) is 4.81. The second-order valence-electron chi connectivity index (χ2n) is 9.13. The number of anilines is 1. The van der Waals surface area contributed by atoms with E-state index < -0.39 is 40.0 Å². The SMILES string of the molecule is CC1(C)S[C@@H]2[C@H](NC(=O)/C(=N\OC3CCCCCCC3)c3csc(N)n3)C(=O)N2[C@H]1C(=O)O. The van der Waals surface area contributed by atoms with Gasteiger partial charge in [0, 0.05) is 10.1 Å². The molecule has 0 radical (unpaired) electrons. The Labute approximate surface area is 200 Å². The smallest absolute Gasteiger partial charge is 0.327 e. The highest BCUT2D eigenvalue weighted by Crippen LogP contribution is 2.50. The van der Waals surface area contributed by atoms with Crippen molar-refractivity contribution in [1.82, 2.24) is 15.2 Å². The zero-order chi connectivity index (χ0) is 23.8. The number of thiazole rings is 1. The first kappa shape index (κ1) is 23.8. The second kappa shape index (κ2) is 9.49. The molecule has 3 fully saturated rings. The van der Waals surface area contributed by atoms with Crippen molar-refractivity contribution in [1.29, 1.82) is 0 Å². The van der Waals surface area contributed by atoms with Crippen LogP contribution in [0.4, 0.5) is 5.13 Å². The van der Waals surface area contributed by atoms with Crippen LogP contribution in [0.2, 0.25) is 0 Å². The fourth-order valence-corrected chi connectivity index (χ4v) is 6.78. The maximum Gasteiger partial charge on any atom is 0.327 e. The van der Waals surface area contributed by atoms with Crippen LogP contribution in [-0.2, 0) is 19.2 Å². The van der Waals surface area contributed by atoms with Crippen molar-refractivity contribution >= 4 is 51.7 Å². The fraction of sp³-hybridized carbons (Fsp3) is 0.667. The molecule has 1 aliphatic carbocycles. The Kier molecular flexibility index (Phi) is 6.85. The van der Waals surface area contributed by atoms with E-state index in [9.17, 15) is 19.5 Å². The molecule has 0 bridgehead atoms. The standard InChI is InChI=1S/C21H29N5O5S2/c1-21(2)15(19(29)30)26-17(28)14(18(26)33-21)24-16(27)13(12-10-32-20(22)23-12)25-31-11-8-6-4-3-5-7-9-11/h10-11,14-15,18H,3-9H2,1-2H3,(H2,22,23)(H,24,27)(H,29,30)/b25-13-/t14-,15+,18-/m1/s1. The lowest BCUT2D eigenvalue weighted by molar-refractivity contribution is -0.160. The maximum absolute atomic E-state index is 13.2. The molecule has 1 aromatic rings. The summed E-state index contributed by atoms with van der Waals surface area (Å²) in [5.74, 6) is -2.07. The number of carbonyl (C=O) groups is 3. The molecule has 0 aromatic carbocycles. The highest BCUT2D eigenvalue weighted by molar-refractivity contribution is 8.01. The molecule has 2 amide bonds. The lowest BCUT2D eigenvalue weighted by Gasteiger charge is -2.43. The number of nitrogens with two attached hydrogens (primary N) is 1. The molecular formula is C21H29N5O5S2. The normalized spacial score (nSPS) is 27.8. The van der Waals surface area contributed by atoms with Crippen molar-refractivity contribution in [3.63, 3.8) is 0 Å². The van der Waals surface area contributed by atoms with Crippen LogP contribution in [0.15, 0.2) is 10.5 Å². The monoisotopic (exact) mass is 495 g/mol. The summed E-state index contributed by atoms with van der Waals surface area (Å²) in [6.07, 6.45) is 7.32. The van der Waals surface area contributed by atoms with E-state index in [4.69, 9.17) is 10.6 Å². The van der Waals surface area contributed by atoms with E-state index in [1.54, 1.807) is 19.2 Å². The lowest BCUT2D eigenvalue weighted by Crippen LogP contribution is -2.71. The van der Waals surface area contributed by atoms with E-state index in [0.29, 0.717) is 5.13 Å². The number of rotatable bonds is 6. The summed E-state index contributed by atoms with van der Waals surface area (Å²) in [5.41, 5.74) is 6.01. The van der Waals surface area contributed by atoms with E-state index in [2.05, 4.69) is 15.5 Å². The van der Waals surface area contributed by atoms with Crippen LogP contribution >= 0.6 is 23.1 Å². The average molecular weight is 496 g/mol. The van der Waals surface area contributed by atoms with Crippen molar-refractivity contribution in [2.45, 2.75) is 87.1 Å². The Hall–Kier alpha value is -2.34. The first-order valence-electron chi connectivity index (χ1n) is 11.2. The van der Waals surface area contributed by atoms with Crippen LogP contribution in [0, 0.1) is 0 Å². The number of nitrogens with zero attached hydrogens (tertiary/aromatic N) is 3. The number of nitrogen functional groups attached to an aromatic ring is 1. The quantitative estimate of drug-likeness (QED) is 0.309. The minimum absolute atomic E-state index is 0.0340. The molecule has 4 N–H and O–H groups in total. The molecule has 3 aliphatic rings. The van der Waals surface area contributed by atoms with Gasteiger partial charge in [0.1, 0.15) is 29.3 Å². The lowest BCUT2D eigenvalue weighted by atomic mass is 9.96. The topological polar surface area (TPSA) is 147 Å². The van der Waals surface area contributed by atoms with E-state index in [0.717, 1.165) is 38.5 Å². The van der Waals surface area contributed by atoms with Crippen molar-refractivity contribution in [3.8, 4) is 0 Å².